The molecule has 0 N–H and O–H groups in total. The molecule has 1 aromatic carbocycles. The lowest BCUT2D eigenvalue weighted by atomic mass is 9.84. The molecule has 0 bridgehead atoms. The number of nitrogens with zero attached hydrogens (tertiary/aromatic N) is 1. The summed E-state index contributed by atoms with van der Waals surface area (Å²) >= 11 is 0. The van der Waals surface area contributed by atoms with Crippen LogP contribution in [0.2, 0.25) is 0 Å². The van der Waals surface area contributed by atoms with E-state index in [9.17, 15) is 0 Å². The monoisotopic (exact) mass is 241 g/mol. The van der Waals surface area contributed by atoms with E-state index >= 15 is 0 Å². The van der Waals surface area contributed by atoms with E-state index in [2.05, 4.69) is 30.3 Å². The van der Waals surface area contributed by atoms with Crippen molar-refractivity contribution < 1.29 is 0 Å². The van der Waals surface area contributed by atoms with Gasteiger partial charge in [-0.2, -0.15) is 0 Å². The summed E-state index contributed by atoms with van der Waals surface area (Å²) in [7, 11) is 0. The zero-order chi connectivity index (χ0) is 12.2. The van der Waals surface area contributed by atoms with Gasteiger partial charge in [-0.25, -0.2) is 0 Å². The van der Waals surface area contributed by atoms with Gasteiger partial charge in [-0.3, -0.25) is 4.99 Å². The summed E-state index contributed by atoms with van der Waals surface area (Å²) in [6, 6.07) is 11.3. The van der Waals surface area contributed by atoms with Crippen LogP contribution in [0.15, 0.2) is 35.3 Å². The molecule has 1 atom stereocenters. The fraction of sp³-hybridized carbons (Fsp3) is 0.588. The summed E-state index contributed by atoms with van der Waals surface area (Å²) in [5.41, 5.74) is 2.68. The first-order chi connectivity index (χ1) is 8.92. The molecule has 0 spiro atoms. The Labute approximate surface area is 110 Å². The fourth-order valence-electron chi connectivity index (χ4n) is 3.48. The average Bonchev–Trinajstić information content (AvgIpc) is 2.89. The average molecular weight is 241 g/mol. The molecule has 1 aliphatic heterocycles. The molecule has 1 aliphatic carbocycles. The Kier molecular flexibility index (Phi) is 3.78. The van der Waals surface area contributed by atoms with Crippen molar-refractivity contribution >= 4 is 5.71 Å². The van der Waals surface area contributed by atoms with E-state index in [1.54, 1.807) is 0 Å². The summed E-state index contributed by atoms with van der Waals surface area (Å²) in [4.78, 5) is 4.97. The van der Waals surface area contributed by atoms with Crippen LogP contribution in [0.5, 0.6) is 0 Å². The highest BCUT2D eigenvalue weighted by Crippen LogP contribution is 2.31. The van der Waals surface area contributed by atoms with Crippen molar-refractivity contribution in [2.24, 2.45) is 10.9 Å². The van der Waals surface area contributed by atoms with Crippen molar-refractivity contribution in [2.45, 2.75) is 57.4 Å². The Bertz CT molecular complexity index is 401. The summed E-state index contributed by atoms with van der Waals surface area (Å²) in [6.07, 6.45) is 11.1. The van der Waals surface area contributed by atoms with Gasteiger partial charge in [-0.15, -0.1) is 0 Å². The van der Waals surface area contributed by atoms with Gasteiger partial charge in [0.1, 0.15) is 0 Å². The molecule has 0 radical (unpaired) electrons. The first-order valence-corrected chi connectivity index (χ1v) is 7.54. The quantitative estimate of drug-likeness (QED) is 0.733. The second kappa shape index (κ2) is 5.69. The van der Waals surface area contributed by atoms with Crippen LogP contribution in [0.1, 0.15) is 56.9 Å². The third-order valence-corrected chi connectivity index (χ3v) is 4.49. The second-order valence-corrected chi connectivity index (χ2v) is 5.87. The van der Waals surface area contributed by atoms with Gasteiger partial charge >= 0.3 is 0 Å². The Morgan fingerprint density at radius 1 is 0.944 bits per heavy atom. The molecule has 1 aromatic rings. The van der Waals surface area contributed by atoms with Crippen LogP contribution in [-0.4, -0.2) is 11.8 Å². The molecule has 1 fully saturated rings. The van der Waals surface area contributed by atoms with Gasteiger partial charge in [0, 0.05) is 5.71 Å². The molecular formula is C17H23N. The highest BCUT2D eigenvalue weighted by atomic mass is 14.8. The highest BCUT2D eigenvalue weighted by molar-refractivity contribution is 6.01. The van der Waals surface area contributed by atoms with Crippen molar-refractivity contribution in [3.8, 4) is 0 Å². The number of aliphatic imine (C=N–C) groups is 1. The molecule has 2 aliphatic rings. The van der Waals surface area contributed by atoms with Crippen molar-refractivity contribution in [3.63, 3.8) is 0 Å². The predicted octanol–water partition coefficient (Wildman–Crippen LogP) is 4.61. The van der Waals surface area contributed by atoms with Gasteiger partial charge in [0.15, 0.2) is 0 Å². The maximum atomic E-state index is 4.97. The Hall–Kier alpha value is -1.11. The predicted molar refractivity (Wildman–Crippen MR) is 77.2 cm³/mol. The maximum Gasteiger partial charge on any atom is 0.0509 e. The van der Waals surface area contributed by atoms with Crippen molar-refractivity contribution in [3.05, 3.63) is 35.9 Å². The molecule has 18 heavy (non-hydrogen) atoms. The Morgan fingerprint density at radius 2 is 1.72 bits per heavy atom. The molecule has 0 aromatic heterocycles. The summed E-state index contributed by atoms with van der Waals surface area (Å²) in [5.74, 6) is 0.961. The molecule has 0 unspecified atom stereocenters. The van der Waals surface area contributed by atoms with Crippen LogP contribution < -0.4 is 0 Å². The van der Waals surface area contributed by atoms with E-state index < -0.39 is 0 Å². The van der Waals surface area contributed by atoms with E-state index in [-0.39, 0.29) is 0 Å². The van der Waals surface area contributed by atoms with Gasteiger partial charge in [-0.05, 0) is 30.7 Å². The van der Waals surface area contributed by atoms with E-state index in [1.165, 1.54) is 62.6 Å². The first kappa shape index (κ1) is 12.0. The standard InChI is InChI=1S/C17H23N/c1-3-7-14(8-4-1)13-16-11-12-17(18-16)15-9-5-2-6-10-15/h2,5-6,9-10,14,16H,1,3-4,7-8,11-13H2/t16-/m1/s1. The minimum absolute atomic E-state index is 0.614. The minimum Gasteiger partial charge on any atom is -0.286 e. The second-order valence-electron chi connectivity index (χ2n) is 5.87. The van der Waals surface area contributed by atoms with Crippen LogP contribution in [-0.2, 0) is 0 Å². The van der Waals surface area contributed by atoms with Crippen LogP contribution in [0.3, 0.4) is 0 Å². The van der Waals surface area contributed by atoms with Crippen molar-refractivity contribution in [1.29, 1.82) is 0 Å². The lowest BCUT2D eigenvalue weighted by Gasteiger charge is -2.23. The zero-order valence-electron chi connectivity index (χ0n) is 11.1. The normalized spacial score (nSPS) is 25.1. The van der Waals surface area contributed by atoms with Crippen LogP contribution in [0.25, 0.3) is 0 Å². The van der Waals surface area contributed by atoms with Gasteiger partial charge in [0.05, 0.1) is 6.04 Å². The summed E-state index contributed by atoms with van der Waals surface area (Å²) < 4.78 is 0. The number of hydrogen-bond donors (Lipinski definition) is 0. The number of rotatable bonds is 3. The van der Waals surface area contributed by atoms with Crippen LogP contribution in [0.4, 0.5) is 0 Å². The van der Waals surface area contributed by atoms with Gasteiger partial charge < -0.3 is 0 Å². The molecule has 0 saturated heterocycles. The molecule has 0 amide bonds. The summed E-state index contributed by atoms with van der Waals surface area (Å²) in [5, 5.41) is 0. The third kappa shape index (κ3) is 2.82. The smallest absolute Gasteiger partial charge is 0.0509 e. The topological polar surface area (TPSA) is 12.4 Å². The fourth-order valence-corrected chi connectivity index (χ4v) is 3.48. The molecule has 1 nitrogen and oxygen atoms in total. The Morgan fingerprint density at radius 3 is 2.50 bits per heavy atom. The SMILES string of the molecule is c1ccc(C2=N[C@@H](CC3CCCCC3)CC2)cc1. The van der Waals surface area contributed by atoms with E-state index in [4.69, 9.17) is 4.99 Å². The zero-order valence-corrected chi connectivity index (χ0v) is 11.1. The van der Waals surface area contributed by atoms with E-state index in [1.807, 2.05) is 0 Å². The van der Waals surface area contributed by atoms with Crippen molar-refractivity contribution in [1.82, 2.24) is 0 Å². The number of benzene rings is 1. The van der Waals surface area contributed by atoms with E-state index in [0.717, 1.165) is 5.92 Å². The molecular weight excluding hydrogens is 218 g/mol. The molecule has 1 heteroatoms. The Balaban J connectivity index is 1.61. The van der Waals surface area contributed by atoms with E-state index in [0.29, 0.717) is 6.04 Å². The lowest BCUT2D eigenvalue weighted by molar-refractivity contribution is 0.318. The molecule has 1 heterocycles. The lowest BCUT2D eigenvalue weighted by Crippen LogP contribution is -2.12. The molecule has 3 rings (SSSR count). The van der Waals surface area contributed by atoms with Crippen LogP contribution >= 0.6 is 0 Å². The molecule has 1 saturated carbocycles. The largest absolute Gasteiger partial charge is 0.286 e. The maximum absolute atomic E-state index is 4.97. The van der Waals surface area contributed by atoms with Gasteiger partial charge in [-0.1, -0.05) is 62.4 Å². The third-order valence-electron chi connectivity index (χ3n) is 4.49. The minimum atomic E-state index is 0.614. The number of hydrogen-bond acceptors (Lipinski definition) is 1. The summed E-state index contributed by atoms with van der Waals surface area (Å²) in [6.45, 7) is 0. The van der Waals surface area contributed by atoms with Crippen LogP contribution in [0, 0.1) is 5.92 Å². The van der Waals surface area contributed by atoms with Gasteiger partial charge in [0.25, 0.3) is 0 Å². The molecule has 96 valence electrons. The van der Waals surface area contributed by atoms with Gasteiger partial charge in [0.2, 0.25) is 0 Å². The van der Waals surface area contributed by atoms with Crippen molar-refractivity contribution in [2.75, 3.05) is 0 Å². The highest BCUT2D eigenvalue weighted by Gasteiger charge is 2.23. The first-order valence-electron chi connectivity index (χ1n) is 7.54.